The Hall–Kier alpha value is -2.58. The van der Waals surface area contributed by atoms with E-state index in [0.717, 1.165) is 20.4 Å². The first-order valence-corrected chi connectivity index (χ1v) is 10.2. The van der Waals surface area contributed by atoms with Gasteiger partial charge in [-0.2, -0.15) is 5.10 Å². The number of amides is 1. The number of methoxy groups -OCH3 is 1. The van der Waals surface area contributed by atoms with Crippen LogP contribution < -0.4 is 14.9 Å². The molecule has 3 rings (SSSR count). The van der Waals surface area contributed by atoms with Gasteiger partial charge in [0, 0.05) is 10.6 Å². The van der Waals surface area contributed by atoms with Crippen LogP contribution in [0.5, 0.6) is 11.5 Å². The maximum atomic E-state index is 12.5. The molecule has 29 heavy (non-hydrogen) atoms. The third-order valence-electron chi connectivity index (χ3n) is 4.03. The molecule has 0 saturated heterocycles. The van der Waals surface area contributed by atoms with E-state index in [1.807, 2.05) is 36.4 Å². The van der Waals surface area contributed by atoms with Crippen molar-refractivity contribution >= 4 is 46.3 Å². The van der Waals surface area contributed by atoms with Gasteiger partial charge in [-0.15, -0.1) is 0 Å². The van der Waals surface area contributed by atoms with Crippen molar-refractivity contribution in [2.75, 3.05) is 7.11 Å². The molecule has 0 spiro atoms. The average molecular weight is 521 g/mol. The first-order valence-electron chi connectivity index (χ1n) is 8.70. The Balaban J connectivity index is 1.66. The highest BCUT2D eigenvalue weighted by Crippen LogP contribution is 2.22. The lowest BCUT2D eigenvalue weighted by Crippen LogP contribution is -2.18. The number of hydrogen-bond acceptors (Lipinski definition) is 4. The number of halogens is 2. The Kier molecular flexibility index (Phi) is 7.48. The predicted octanol–water partition coefficient (Wildman–Crippen LogP) is 5.30. The molecule has 3 aromatic carbocycles. The van der Waals surface area contributed by atoms with E-state index < -0.39 is 0 Å². The van der Waals surface area contributed by atoms with E-state index in [9.17, 15) is 4.79 Å². The lowest BCUT2D eigenvalue weighted by molar-refractivity contribution is 0.0950. The number of nitrogens with one attached hydrogen (secondary N) is 1. The second-order valence-corrected chi connectivity index (χ2v) is 7.54. The molecule has 0 heterocycles. The SMILES string of the molecule is COc1ccc(/C=N\NC(=O)c2ccccc2OCc2ccccc2Cl)cc1I. The van der Waals surface area contributed by atoms with Crippen LogP contribution in [0.25, 0.3) is 0 Å². The van der Waals surface area contributed by atoms with Crippen LogP contribution in [0.3, 0.4) is 0 Å². The quantitative estimate of drug-likeness (QED) is 0.261. The van der Waals surface area contributed by atoms with E-state index in [0.29, 0.717) is 16.3 Å². The van der Waals surface area contributed by atoms with Gasteiger partial charge in [-0.1, -0.05) is 41.9 Å². The number of hydrogen-bond donors (Lipinski definition) is 1. The third kappa shape index (κ3) is 5.71. The molecule has 0 aliphatic heterocycles. The monoisotopic (exact) mass is 520 g/mol. The van der Waals surface area contributed by atoms with Crippen LogP contribution in [0.2, 0.25) is 5.02 Å². The molecule has 0 aromatic heterocycles. The fourth-order valence-corrected chi connectivity index (χ4v) is 3.49. The summed E-state index contributed by atoms with van der Waals surface area (Å²) in [5.74, 6) is 0.884. The molecule has 1 amide bonds. The molecule has 3 aromatic rings. The summed E-state index contributed by atoms with van der Waals surface area (Å²) in [5.41, 5.74) is 4.62. The second-order valence-electron chi connectivity index (χ2n) is 5.97. The van der Waals surface area contributed by atoms with Crippen molar-refractivity contribution in [3.8, 4) is 11.5 Å². The van der Waals surface area contributed by atoms with Crippen molar-refractivity contribution in [3.63, 3.8) is 0 Å². The second kappa shape index (κ2) is 10.3. The molecule has 7 heteroatoms. The number of nitrogens with zero attached hydrogens (tertiary/aromatic N) is 1. The minimum absolute atomic E-state index is 0.261. The Morgan fingerprint density at radius 1 is 1.10 bits per heavy atom. The first-order chi connectivity index (χ1) is 14.1. The highest BCUT2D eigenvalue weighted by Gasteiger charge is 2.12. The van der Waals surface area contributed by atoms with Crippen molar-refractivity contribution in [1.29, 1.82) is 0 Å². The Morgan fingerprint density at radius 3 is 2.62 bits per heavy atom. The summed E-state index contributed by atoms with van der Waals surface area (Å²) in [6, 6.07) is 20.0. The minimum Gasteiger partial charge on any atom is -0.496 e. The standard InChI is InChI=1S/C22H18ClIN2O3/c1-28-21-11-10-15(12-19(21)24)13-25-26-22(27)17-7-3-5-9-20(17)29-14-16-6-2-4-8-18(16)23/h2-13H,14H2,1H3,(H,26,27)/b25-13-. The lowest BCUT2D eigenvalue weighted by Gasteiger charge is -2.11. The molecule has 0 aliphatic rings. The molecule has 0 aliphatic carbocycles. The van der Waals surface area contributed by atoms with Crippen molar-refractivity contribution in [2.45, 2.75) is 6.61 Å². The van der Waals surface area contributed by atoms with Gasteiger partial charge in [-0.3, -0.25) is 4.79 Å². The summed E-state index contributed by atoms with van der Waals surface area (Å²) >= 11 is 8.34. The van der Waals surface area contributed by atoms with Crippen molar-refractivity contribution in [1.82, 2.24) is 5.43 Å². The lowest BCUT2D eigenvalue weighted by atomic mass is 10.2. The van der Waals surface area contributed by atoms with Crippen LogP contribution in [0.4, 0.5) is 0 Å². The van der Waals surface area contributed by atoms with E-state index in [1.54, 1.807) is 43.7 Å². The van der Waals surface area contributed by atoms with E-state index >= 15 is 0 Å². The van der Waals surface area contributed by atoms with E-state index in [2.05, 4.69) is 33.1 Å². The van der Waals surface area contributed by atoms with Gasteiger partial charge in [-0.25, -0.2) is 5.43 Å². The number of hydrazone groups is 1. The summed E-state index contributed by atoms with van der Waals surface area (Å²) in [6.07, 6.45) is 1.58. The normalized spacial score (nSPS) is 10.7. The maximum Gasteiger partial charge on any atom is 0.275 e. The number of ether oxygens (including phenoxy) is 2. The Morgan fingerprint density at radius 2 is 1.86 bits per heavy atom. The van der Waals surface area contributed by atoms with Gasteiger partial charge < -0.3 is 9.47 Å². The Labute approximate surface area is 187 Å². The zero-order chi connectivity index (χ0) is 20.6. The molecule has 148 valence electrons. The molecule has 0 saturated carbocycles. The molecule has 0 unspecified atom stereocenters. The van der Waals surface area contributed by atoms with Gasteiger partial charge in [0.05, 0.1) is 22.5 Å². The number of para-hydroxylation sites is 1. The van der Waals surface area contributed by atoms with Crippen LogP contribution >= 0.6 is 34.2 Å². The third-order valence-corrected chi connectivity index (χ3v) is 5.24. The maximum absolute atomic E-state index is 12.5. The molecule has 0 atom stereocenters. The molecular formula is C22H18ClIN2O3. The average Bonchev–Trinajstić information content (AvgIpc) is 2.73. The highest BCUT2D eigenvalue weighted by atomic mass is 127. The van der Waals surface area contributed by atoms with Crippen molar-refractivity contribution in [3.05, 3.63) is 92.0 Å². The van der Waals surface area contributed by atoms with E-state index in [4.69, 9.17) is 21.1 Å². The van der Waals surface area contributed by atoms with Gasteiger partial charge >= 0.3 is 0 Å². The fraction of sp³-hybridized carbons (Fsp3) is 0.0909. The number of carbonyl (C=O) groups is 1. The largest absolute Gasteiger partial charge is 0.496 e. The molecule has 0 fully saturated rings. The number of carbonyl (C=O) groups excluding carboxylic acids is 1. The predicted molar refractivity (Wildman–Crippen MR) is 123 cm³/mol. The summed E-state index contributed by atoms with van der Waals surface area (Å²) in [4.78, 5) is 12.5. The van der Waals surface area contributed by atoms with Crippen LogP contribution in [0, 0.1) is 3.57 Å². The molecule has 0 radical (unpaired) electrons. The molecular weight excluding hydrogens is 503 g/mol. The zero-order valence-corrected chi connectivity index (χ0v) is 18.5. The van der Waals surface area contributed by atoms with Crippen molar-refractivity contribution in [2.24, 2.45) is 5.10 Å². The van der Waals surface area contributed by atoms with Gasteiger partial charge in [-0.05, 0) is 64.6 Å². The van der Waals surface area contributed by atoms with Gasteiger partial charge in [0.25, 0.3) is 5.91 Å². The zero-order valence-electron chi connectivity index (χ0n) is 15.6. The smallest absolute Gasteiger partial charge is 0.275 e. The van der Waals surface area contributed by atoms with Gasteiger partial charge in [0.2, 0.25) is 0 Å². The molecule has 5 nitrogen and oxygen atoms in total. The van der Waals surface area contributed by atoms with Crippen LogP contribution in [-0.2, 0) is 6.61 Å². The van der Waals surface area contributed by atoms with Crippen LogP contribution in [0.15, 0.2) is 71.8 Å². The highest BCUT2D eigenvalue weighted by molar-refractivity contribution is 14.1. The van der Waals surface area contributed by atoms with Crippen LogP contribution in [-0.4, -0.2) is 19.2 Å². The van der Waals surface area contributed by atoms with E-state index in [1.165, 1.54) is 0 Å². The number of benzene rings is 3. The molecule has 0 bridgehead atoms. The van der Waals surface area contributed by atoms with E-state index in [-0.39, 0.29) is 12.5 Å². The summed E-state index contributed by atoms with van der Waals surface area (Å²) in [5, 5.41) is 4.66. The van der Waals surface area contributed by atoms with Crippen molar-refractivity contribution < 1.29 is 14.3 Å². The molecule has 1 N–H and O–H groups in total. The summed E-state index contributed by atoms with van der Waals surface area (Å²) < 4.78 is 12.0. The number of rotatable bonds is 7. The van der Waals surface area contributed by atoms with Gasteiger partial charge in [0.1, 0.15) is 18.1 Å². The topological polar surface area (TPSA) is 59.9 Å². The van der Waals surface area contributed by atoms with Crippen LogP contribution in [0.1, 0.15) is 21.5 Å². The summed E-state index contributed by atoms with van der Waals surface area (Å²) in [7, 11) is 1.62. The Bertz CT molecular complexity index is 1040. The minimum atomic E-state index is -0.362. The van der Waals surface area contributed by atoms with Gasteiger partial charge in [0.15, 0.2) is 0 Å². The fourth-order valence-electron chi connectivity index (χ4n) is 2.54. The summed E-state index contributed by atoms with van der Waals surface area (Å²) in [6.45, 7) is 0.261. The first kappa shape index (κ1) is 21.1.